The third-order valence-corrected chi connectivity index (χ3v) is 6.55. The van der Waals surface area contributed by atoms with E-state index < -0.39 is 17.6 Å². The van der Waals surface area contributed by atoms with Gasteiger partial charge in [0.15, 0.2) is 0 Å². The van der Waals surface area contributed by atoms with Crippen LogP contribution >= 0.6 is 11.6 Å². The van der Waals surface area contributed by atoms with Gasteiger partial charge in [0.25, 0.3) is 0 Å². The van der Waals surface area contributed by atoms with Crippen LogP contribution in [0.1, 0.15) is 36.4 Å². The van der Waals surface area contributed by atoms with Crippen molar-refractivity contribution in [3.8, 4) is 0 Å². The second-order valence-electron chi connectivity index (χ2n) is 8.47. The molecule has 0 spiro atoms. The zero-order valence-corrected chi connectivity index (χ0v) is 18.9. The van der Waals surface area contributed by atoms with Gasteiger partial charge in [-0.2, -0.15) is 0 Å². The van der Waals surface area contributed by atoms with Crippen molar-refractivity contribution in [3.63, 3.8) is 0 Å². The number of anilines is 2. The molecule has 2 aromatic rings. The van der Waals surface area contributed by atoms with Crippen molar-refractivity contribution in [1.82, 2.24) is 10.2 Å². The highest BCUT2D eigenvalue weighted by atomic mass is 35.5. The number of nitrogens with one attached hydrogen (secondary N) is 2. The summed E-state index contributed by atoms with van der Waals surface area (Å²) in [6.45, 7) is 3.34. The first-order chi connectivity index (χ1) is 15.4. The van der Waals surface area contributed by atoms with Crippen molar-refractivity contribution in [3.05, 3.63) is 58.4 Å². The summed E-state index contributed by atoms with van der Waals surface area (Å²) >= 11 is 5.74. The van der Waals surface area contributed by atoms with Crippen molar-refractivity contribution in [2.75, 3.05) is 43.4 Å². The molecular formula is C24H28ClFN4O2. The van der Waals surface area contributed by atoms with Crippen LogP contribution in [0.4, 0.5) is 15.8 Å². The molecule has 170 valence electrons. The molecule has 1 fully saturated rings. The van der Waals surface area contributed by atoms with Crippen LogP contribution in [0.5, 0.6) is 0 Å². The number of aryl methyl sites for hydroxylation is 1. The van der Waals surface area contributed by atoms with Gasteiger partial charge in [-0.05, 0) is 74.2 Å². The normalized spacial score (nSPS) is 17.0. The molecule has 8 heteroatoms. The molecule has 2 N–H and O–H groups in total. The minimum absolute atomic E-state index is 0.00653. The van der Waals surface area contributed by atoms with Gasteiger partial charge in [-0.1, -0.05) is 23.7 Å². The number of amides is 2. The second kappa shape index (κ2) is 9.88. The molecule has 2 aliphatic heterocycles. The predicted octanol–water partition coefficient (Wildman–Crippen LogP) is 3.75. The number of rotatable bonds is 5. The molecule has 2 heterocycles. The average molecular weight is 459 g/mol. The van der Waals surface area contributed by atoms with E-state index in [1.54, 1.807) is 0 Å². The number of carbonyl (C=O) groups excluding carboxylic acids is 2. The summed E-state index contributed by atoms with van der Waals surface area (Å²) in [6.07, 6.45) is 4.44. The van der Waals surface area contributed by atoms with Gasteiger partial charge >= 0.3 is 11.8 Å². The van der Waals surface area contributed by atoms with Crippen LogP contribution < -0.4 is 15.5 Å². The fourth-order valence-corrected chi connectivity index (χ4v) is 4.74. The summed E-state index contributed by atoms with van der Waals surface area (Å²) in [4.78, 5) is 29.4. The minimum atomic E-state index is -0.806. The maximum atomic E-state index is 13.3. The molecule has 0 unspecified atom stereocenters. The van der Waals surface area contributed by atoms with E-state index >= 15 is 0 Å². The van der Waals surface area contributed by atoms with Gasteiger partial charge in [0.1, 0.15) is 5.82 Å². The highest BCUT2D eigenvalue weighted by Gasteiger charge is 2.26. The Labute approximate surface area is 192 Å². The number of carbonyl (C=O) groups is 2. The SMILES string of the molecule is CN1CCCc2cc([C@H](CNC(=O)C(=O)Nc3ccc(F)c(Cl)c3)N3CCCC3)ccc21. The zero-order valence-electron chi connectivity index (χ0n) is 18.2. The zero-order chi connectivity index (χ0) is 22.7. The molecule has 2 aliphatic rings. The van der Waals surface area contributed by atoms with Crippen molar-refractivity contribution < 1.29 is 14.0 Å². The van der Waals surface area contributed by atoms with Crippen molar-refractivity contribution >= 4 is 34.8 Å². The molecule has 0 radical (unpaired) electrons. The van der Waals surface area contributed by atoms with E-state index in [4.69, 9.17) is 11.6 Å². The number of hydrogen-bond acceptors (Lipinski definition) is 4. The Morgan fingerprint density at radius 3 is 2.59 bits per heavy atom. The van der Waals surface area contributed by atoms with E-state index in [1.165, 1.54) is 23.4 Å². The van der Waals surface area contributed by atoms with Crippen LogP contribution in [-0.2, 0) is 16.0 Å². The van der Waals surface area contributed by atoms with E-state index in [-0.39, 0.29) is 16.8 Å². The molecule has 2 amide bonds. The van der Waals surface area contributed by atoms with Crippen LogP contribution in [-0.4, -0.2) is 49.9 Å². The minimum Gasteiger partial charge on any atom is -0.374 e. The van der Waals surface area contributed by atoms with Crippen LogP contribution in [0.25, 0.3) is 0 Å². The van der Waals surface area contributed by atoms with Gasteiger partial charge in [-0.25, -0.2) is 4.39 Å². The van der Waals surface area contributed by atoms with Gasteiger partial charge in [0.05, 0.1) is 11.1 Å². The average Bonchev–Trinajstić information content (AvgIpc) is 3.31. The summed E-state index contributed by atoms with van der Waals surface area (Å²) in [7, 11) is 2.11. The monoisotopic (exact) mass is 458 g/mol. The molecule has 4 rings (SSSR count). The lowest BCUT2D eigenvalue weighted by atomic mass is 9.96. The molecule has 1 atom stereocenters. The maximum Gasteiger partial charge on any atom is 0.313 e. The van der Waals surface area contributed by atoms with Gasteiger partial charge in [-0.15, -0.1) is 0 Å². The molecular weight excluding hydrogens is 431 g/mol. The third-order valence-electron chi connectivity index (χ3n) is 6.26. The second-order valence-corrected chi connectivity index (χ2v) is 8.87. The standard InChI is InChI=1S/C24H28ClFN4O2/c1-29-10-4-5-16-13-17(6-9-21(16)29)22(30-11-2-3-12-30)15-27-23(31)24(32)28-18-7-8-20(26)19(25)14-18/h6-9,13-14,22H,2-5,10-12,15H2,1H3,(H,27,31)(H,28,32)/t22-/m0/s1. The molecule has 0 saturated carbocycles. The van der Waals surface area contributed by atoms with Crippen LogP contribution in [0.2, 0.25) is 5.02 Å². The third kappa shape index (κ3) is 5.05. The topological polar surface area (TPSA) is 64.7 Å². The maximum absolute atomic E-state index is 13.3. The number of halogens is 2. The molecule has 6 nitrogen and oxygen atoms in total. The fourth-order valence-electron chi connectivity index (χ4n) is 4.55. The quantitative estimate of drug-likeness (QED) is 0.670. The summed E-state index contributed by atoms with van der Waals surface area (Å²) in [6, 6.07) is 10.3. The molecule has 0 aliphatic carbocycles. The van der Waals surface area contributed by atoms with E-state index in [9.17, 15) is 14.0 Å². The predicted molar refractivity (Wildman–Crippen MR) is 125 cm³/mol. The number of fused-ring (bicyclic) bond motifs is 1. The van der Waals surface area contributed by atoms with Gasteiger partial charge < -0.3 is 15.5 Å². The first kappa shape index (κ1) is 22.6. The van der Waals surface area contributed by atoms with Crippen molar-refractivity contribution in [2.24, 2.45) is 0 Å². The van der Waals surface area contributed by atoms with E-state index in [0.29, 0.717) is 6.54 Å². The van der Waals surface area contributed by atoms with E-state index in [1.807, 2.05) is 0 Å². The van der Waals surface area contributed by atoms with Gasteiger partial charge in [-0.3, -0.25) is 14.5 Å². The molecule has 1 saturated heterocycles. The van der Waals surface area contributed by atoms with E-state index in [2.05, 4.69) is 45.7 Å². The number of hydrogen-bond donors (Lipinski definition) is 2. The Morgan fingerprint density at radius 2 is 1.84 bits per heavy atom. The van der Waals surface area contributed by atoms with Crippen molar-refractivity contribution in [1.29, 1.82) is 0 Å². The summed E-state index contributed by atoms with van der Waals surface area (Å²) in [5, 5.41) is 5.13. The summed E-state index contributed by atoms with van der Waals surface area (Å²) in [5.41, 5.74) is 4.03. The van der Waals surface area contributed by atoms with Gasteiger partial charge in [0, 0.05) is 31.5 Å². The lowest BCUT2D eigenvalue weighted by molar-refractivity contribution is -0.136. The number of nitrogens with zero attached hydrogens (tertiary/aromatic N) is 2. The molecule has 0 bridgehead atoms. The molecule has 2 aromatic carbocycles. The Morgan fingerprint density at radius 1 is 1.06 bits per heavy atom. The Balaban J connectivity index is 1.44. The van der Waals surface area contributed by atoms with E-state index in [0.717, 1.165) is 56.9 Å². The largest absolute Gasteiger partial charge is 0.374 e. The van der Waals surface area contributed by atoms with Crippen LogP contribution in [0, 0.1) is 5.82 Å². The molecule has 32 heavy (non-hydrogen) atoms. The highest BCUT2D eigenvalue weighted by Crippen LogP contribution is 2.31. The first-order valence-corrected chi connectivity index (χ1v) is 11.4. The summed E-state index contributed by atoms with van der Waals surface area (Å²) < 4.78 is 13.3. The highest BCUT2D eigenvalue weighted by molar-refractivity contribution is 6.39. The molecule has 0 aromatic heterocycles. The lowest BCUT2D eigenvalue weighted by Crippen LogP contribution is -2.41. The number of benzene rings is 2. The van der Waals surface area contributed by atoms with Gasteiger partial charge in [0.2, 0.25) is 0 Å². The Hall–Kier alpha value is -2.64. The van der Waals surface area contributed by atoms with Crippen LogP contribution in [0.15, 0.2) is 36.4 Å². The van der Waals surface area contributed by atoms with Crippen LogP contribution in [0.3, 0.4) is 0 Å². The Kier molecular flexibility index (Phi) is 6.96. The van der Waals surface area contributed by atoms with Crippen molar-refractivity contribution in [2.45, 2.75) is 31.7 Å². The Bertz CT molecular complexity index is 1010. The smallest absolute Gasteiger partial charge is 0.313 e. The fraction of sp³-hybridized carbons (Fsp3) is 0.417. The lowest BCUT2D eigenvalue weighted by Gasteiger charge is -2.31. The summed E-state index contributed by atoms with van der Waals surface area (Å²) in [5.74, 6) is -2.12. The number of likely N-dealkylation sites (tertiary alicyclic amines) is 1. The first-order valence-electron chi connectivity index (χ1n) is 11.0.